The molecule has 1 amide bonds. The van der Waals surface area contributed by atoms with Crippen LogP contribution in [0.25, 0.3) is 22.4 Å². The number of amides is 1. The molecule has 4 nitrogen and oxygen atoms in total. The zero-order valence-corrected chi connectivity index (χ0v) is 18.2. The van der Waals surface area contributed by atoms with Crippen LogP contribution in [0.3, 0.4) is 0 Å². The van der Waals surface area contributed by atoms with Crippen LogP contribution < -0.4 is 5.32 Å². The van der Waals surface area contributed by atoms with Crippen molar-refractivity contribution in [2.45, 2.75) is 39.0 Å². The summed E-state index contributed by atoms with van der Waals surface area (Å²) in [6, 6.07) is 16.5. The lowest BCUT2D eigenvalue weighted by Gasteiger charge is -2.13. The van der Waals surface area contributed by atoms with E-state index in [9.17, 15) is 4.79 Å². The van der Waals surface area contributed by atoms with Gasteiger partial charge in [0, 0.05) is 40.6 Å². The lowest BCUT2D eigenvalue weighted by Crippen LogP contribution is -2.05. The van der Waals surface area contributed by atoms with Gasteiger partial charge < -0.3 is 10.3 Å². The van der Waals surface area contributed by atoms with E-state index >= 15 is 0 Å². The van der Waals surface area contributed by atoms with Crippen LogP contribution in [0.2, 0.25) is 0 Å². The van der Waals surface area contributed by atoms with Crippen molar-refractivity contribution < 1.29 is 4.79 Å². The number of carbonyl (C=O) groups excluding carboxylic acids is 1. The Morgan fingerprint density at radius 1 is 1.03 bits per heavy atom. The number of nitrogens with one attached hydrogen (secondary N) is 2. The van der Waals surface area contributed by atoms with E-state index in [4.69, 9.17) is 4.98 Å². The molecule has 0 radical (unpaired) electrons. The number of hydrogen-bond donors (Lipinski definition) is 2. The van der Waals surface area contributed by atoms with E-state index in [1.54, 1.807) is 0 Å². The van der Waals surface area contributed by atoms with Gasteiger partial charge in [-0.05, 0) is 72.9 Å². The predicted molar refractivity (Wildman–Crippen MR) is 130 cm³/mol. The highest BCUT2D eigenvalue weighted by molar-refractivity contribution is 6.35. The summed E-state index contributed by atoms with van der Waals surface area (Å²) < 4.78 is 0. The second-order valence-corrected chi connectivity index (χ2v) is 8.85. The van der Waals surface area contributed by atoms with Gasteiger partial charge in [-0.3, -0.25) is 9.78 Å². The van der Waals surface area contributed by atoms with Crippen molar-refractivity contribution in [3.8, 4) is 0 Å². The van der Waals surface area contributed by atoms with Crippen molar-refractivity contribution >= 4 is 34.0 Å². The van der Waals surface area contributed by atoms with Gasteiger partial charge in [0.15, 0.2) is 0 Å². The largest absolute Gasteiger partial charge is 0.358 e. The molecule has 1 aliphatic carbocycles. The SMILES string of the molecule is Cc1cccc2c1C(=Cc1[nH]c3c(c1Cc1nccc4ccccc14)CCCC3)C(=O)N2. The monoisotopic (exact) mass is 419 g/mol. The highest BCUT2D eigenvalue weighted by Gasteiger charge is 2.27. The third-order valence-electron chi connectivity index (χ3n) is 6.87. The minimum Gasteiger partial charge on any atom is -0.358 e. The molecule has 158 valence electrons. The highest BCUT2D eigenvalue weighted by Crippen LogP contribution is 2.37. The number of aromatic amines is 1. The fourth-order valence-electron chi connectivity index (χ4n) is 5.31. The third kappa shape index (κ3) is 3.06. The van der Waals surface area contributed by atoms with Crippen LogP contribution in [0.4, 0.5) is 5.69 Å². The lowest BCUT2D eigenvalue weighted by atomic mass is 9.91. The van der Waals surface area contributed by atoms with Crippen molar-refractivity contribution in [3.63, 3.8) is 0 Å². The van der Waals surface area contributed by atoms with Gasteiger partial charge in [0.25, 0.3) is 5.91 Å². The number of aryl methyl sites for hydroxylation is 2. The molecule has 0 unspecified atom stereocenters. The molecule has 32 heavy (non-hydrogen) atoms. The summed E-state index contributed by atoms with van der Waals surface area (Å²) in [5, 5.41) is 5.43. The van der Waals surface area contributed by atoms with Gasteiger partial charge in [-0.1, -0.05) is 36.4 Å². The molecule has 2 N–H and O–H groups in total. The number of nitrogens with zero attached hydrogens (tertiary/aromatic N) is 1. The van der Waals surface area contributed by atoms with Gasteiger partial charge in [0.05, 0.1) is 11.3 Å². The normalized spacial score (nSPS) is 16.3. The van der Waals surface area contributed by atoms with Gasteiger partial charge in [-0.25, -0.2) is 0 Å². The molecule has 0 atom stereocenters. The first-order valence-electron chi connectivity index (χ1n) is 11.4. The maximum absolute atomic E-state index is 12.9. The number of rotatable bonds is 3. The van der Waals surface area contributed by atoms with E-state index in [1.807, 2.05) is 18.3 Å². The summed E-state index contributed by atoms with van der Waals surface area (Å²) in [5.41, 5.74) is 9.92. The van der Waals surface area contributed by atoms with Crippen molar-refractivity contribution in [2.24, 2.45) is 0 Å². The first-order chi connectivity index (χ1) is 15.7. The lowest BCUT2D eigenvalue weighted by molar-refractivity contribution is -0.110. The highest BCUT2D eigenvalue weighted by atomic mass is 16.2. The number of hydrogen-bond acceptors (Lipinski definition) is 2. The molecule has 2 aromatic carbocycles. The molecule has 0 fully saturated rings. The number of H-pyrrole nitrogens is 1. The van der Waals surface area contributed by atoms with Gasteiger partial charge >= 0.3 is 0 Å². The zero-order chi connectivity index (χ0) is 21.7. The number of fused-ring (bicyclic) bond motifs is 3. The summed E-state index contributed by atoms with van der Waals surface area (Å²) >= 11 is 0. The molecule has 3 heterocycles. The minimum absolute atomic E-state index is 0.0314. The van der Waals surface area contributed by atoms with Crippen LogP contribution in [-0.2, 0) is 24.1 Å². The van der Waals surface area contributed by atoms with E-state index in [0.29, 0.717) is 0 Å². The van der Waals surface area contributed by atoms with E-state index in [0.717, 1.165) is 53.0 Å². The van der Waals surface area contributed by atoms with Crippen LogP contribution in [0.5, 0.6) is 0 Å². The summed E-state index contributed by atoms with van der Waals surface area (Å²) in [5.74, 6) is -0.0314. The first-order valence-corrected chi connectivity index (χ1v) is 11.4. The standard InChI is InChI=1S/C28H25N3O/c1-17-7-6-12-24-27(17)22(28(32)31-24)16-26-21(20-10-4-5-11-23(20)30-26)15-25-19-9-3-2-8-18(19)13-14-29-25/h2-3,6-9,12-14,16,30H,4-5,10-11,15H2,1H3,(H,31,32). The fraction of sp³-hybridized carbons (Fsp3) is 0.214. The Hall–Kier alpha value is -3.66. The Morgan fingerprint density at radius 2 is 1.91 bits per heavy atom. The Morgan fingerprint density at radius 3 is 2.84 bits per heavy atom. The zero-order valence-electron chi connectivity index (χ0n) is 18.2. The summed E-state index contributed by atoms with van der Waals surface area (Å²) in [6.07, 6.45) is 9.28. The Labute approximate surface area is 187 Å². The van der Waals surface area contributed by atoms with Crippen molar-refractivity contribution in [3.05, 3.63) is 94.1 Å². The molecule has 1 aliphatic heterocycles. The number of aromatic nitrogens is 2. The molecule has 6 rings (SSSR count). The number of carbonyl (C=O) groups is 1. The fourth-order valence-corrected chi connectivity index (χ4v) is 5.31. The Balaban J connectivity index is 1.51. The van der Waals surface area contributed by atoms with Gasteiger partial charge in [-0.15, -0.1) is 0 Å². The number of benzene rings is 2. The molecule has 2 aliphatic rings. The average molecular weight is 420 g/mol. The second-order valence-electron chi connectivity index (χ2n) is 8.85. The number of anilines is 1. The van der Waals surface area contributed by atoms with Gasteiger partial charge in [-0.2, -0.15) is 0 Å². The van der Waals surface area contributed by atoms with Crippen LogP contribution in [0, 0.1) is 6.92 Å². The molecule has 0 saturated carbocycles. The Bertz CT molecular complexity index is 1400. The summed E-state index contributed by atoms with van der Waals surface area (Å²) in [6.45, 7) is 2.06. The van der Waals surface area contributed by atoms with Crippen LogP contribution in [0.1, 0.15) is 52.2 Å². The van der Waals surface area contributed by atoms with Crippen molar-refractivity contribution in [1.82, 2.24) is 9.97 Å². The third-order valence-corrected chi connectivity index (χ3v) is 6.87. The molecule has 4 aromatic rings. The molecule has 2 aromatic heterocycles. The molecule has 0 saturated heterocycles. The maximum atomic E-state index is 12.9. The van der Waals surface area contributed by atoms with E-state index in [2.05, 4.69) is 59.7 Å². The van der Waals surface area contributed by atoms with Gasteiger partial charge in [0.2, 0.25) is 0 Å². The van der Waals surface area contributed by atoms with Gasteiger partial charge in [0.1, 0.15) is 0 Å². The van der Waals surface area contributed by atoms with Crippen LogP contribution >= 0.6 is 0 Å². The molecule has 0 spiro atoms. The van der Waals surface area contributed by atoms with Crippen molar-refractivity contribution in [2.75, 3.05) is 5.32 Å². The molecule has 4 heteroatoms. The summed E-state index contributed by atoms with van der Waals surface area (Å²) in [7, 11) is 0. The average Bonchev–Trinajstić information content (AvgIpc) is 3.32. The van der Waals surface area contributed by atoms with Crippen LogP contribution in [-0.4, -0.2) is 15.9 Å². The summed E-state index contributed by atoms with van der Waals surface area (Å²) in [4.78, 5) is 21.3. The molecule has 0 bridgehead atoms. The smallest absolute Gasteiger partial charge is 0.256 e. The maximum Gasteiger partial charge on any atom is 0.256 e. The van der Waals surface area contributed by atoms with E-state index in [-0.39, 0.29) is 5.91 Å². The first kappa shape index (κ1) is 19.1. The van der Waals surface area contributed by atoms with Crippen molar-refractivity contribution in [1.29, 1.82) is 0 Å². The molecular weight excluding hydrogens is 394 g/mol. The van der Waals surface area contributed by atoms with E-state index < -0.39 is 0 Å². The minimum atomic E-state index is -0.0314. The Kier molecular flexibility index (Phi) is 4.46. The second kappa shape index (κ2) is 7.49. The predicted octanol–water partition coefficient (Wildman–Crippen LogP) is 5.83. The number of pyridine rings is 1. The molecular formula is C28H25N3O. The topological polar surface area (TPSA) is 57.8 Å². The van der Waals surface area contributed by atoms with Crippen LogP contribution in [0.15, 0.2) is 54.7 Å². The quantitative estimate of drug-likeness (QED) is 0.410. The van der Waals surface area contributed by atoms with E-state index in [1.165, 1.54) is 40.4 Å².